The lowest BCUT2D eigenvalue weighted by molar-refractivity contribution is -0.146. The molecule has 1 saturated carbocycles. The molecule has 8 heteroatoms. The number of nitriles is 1. The minimum Gasteiger partial charge on any atom is -0.476 e. The number of amides is 1. The topological polar surface area (TPSA) is 107 Å². The summed E-state index contributed by atoms with van der Waals surface area (Å²) in [6.07, 6.45) is 4.53. The highest BCUT2D eigenvalue weighted by atomic mass is 35.5. The Bertz CT molecular complexity index is 1280. The molecule has 0 spiro atoms. The van der Waals surface area contributed by atoms with Crippen LogP contribution in [0, 0.1) is 17.2 Å². The van der Waals surface area contributed by atoms with E-state index in [1.807, 2.05) is 30.3 Å². The number of aliphatic hydroxyl groups excluding tert-OH is 1. The van der Waals surface area contributed by atoms with Crippen LogP contribution in [0.25, 0.3) is 0 Å². The van der Waals surface area contributed by atoms with E-state index in [4.69, 9.17) is 16.3 Å². The molecule has 180 valence electrons. The van der Waals surface area contributed by atoms with Gasteiger partial charge in [-0.3, -0.25) is 9.78 Å². The van der Waals surface area contributed by atoms with Crippen molar-refractivity contribution in [1.82, 2.24) is 9.88 Å². The molecule has 4 rings (SSSR count). The normalized spacial score (nSPS) is 29.3. The number of aliphatic hydroxyl groups is 2. The molecule has 1 aromatic carbocycles. The van der Waals surface area contributed by atoms with E-state index < -0.39 is 29.1 Å². The summed E-state index contributed by atoms with van der Waals surface area (Å²) in [5.74, 6) is -2.11. The summed E-state index contributed by atoms with van der Waals surface area (Å²) in [4.78, 5) is 19.2. The third kappa shape index (κ3) is 3.49. The fourth-order valence-corrected chi connectivity index (χ4v) is 5.42. The molecule has 1 aromatic heterocycles. The Morgan fingerprint density at radius 2 is 2.00 bits per heavy atom. The summed E-state index contributed by atoms with van der Waals surface area (Å²) in [7, 11) is 3.18. The van der Waals surface area contributed by atoms with Gasteiger partial charge in [-0.2, -0.15) is 5.26 Å². The standard InChI is InChI=1S/C27H26ClN3O4/c1-5-17(14-29)12-11-16(2)27-22(18-9-7-6-8-10-18)21(25(33)31(3)4)24(32)26(27,34)23-20(35-27)13-19(28)15-30-23/h5-13,15,21-22,24,32,34H,2H2,1,3-4H3/b12-11-,17-5+/t21-,22-,24-,26+,27+/m1/s1. The summed E-state index contributed by atoms with van der Waals surface area (Å²) in [6, 6.07) is 12.7. The van der Waals surface area contributed by atoms with Crippen LogP contribution in [0.3, 0.4) is 0 Å². The number of hydrogen-bond donors (Lipinski definition) is 2. The van der Waals surface area contributed by atoms with E-state index in [-0.39, 0.29) is 27.9 Å². The number of carbonyl (C=O) groups excluding carboxylic acids is 1. The number of pyridine rings is 1. The number of carbonyl (C=O) groups is 1. The second-order valence-corrected chi connectivity index (χ2v) is 9.35. The van der Waals surface area contributed by atoms with E-state index in [1.165, 1.54) is 17.2 Å². The Hall–Kier alpha value is -3.44. The van der Waals surface area contributed by atoms with Crippen LogP contribution in [0.2, 0.25) is 5.02 Å². The van der Waals surface area contributed by atoms with Gasteiger partial charge in [0.2, 0.25) is 5.91 Å². The predicted molar refractivity (Wildman–Crippen MR) is 132 cm³/mol. The van der Waals surface area contributed by atoms with Crippen molar-refractivity contribution in [3.05, 3.63) is 94.8 Å². The van der Waals surface area contributed by atoms with Crippen molar-refractivity contribution in [3.63, 3.8) is 0 Å². The molecule has 0 bridgehead atoms. The first kappa shape index (κ1) is 24.7. The molecular weight excluding hydrogens is 466 g/mol. The average Bonchev–Trinajstić information content (AvgIpc) is 3.22. The van der Waals surface area contributed by atoms with Gasteiger partial charge in [-0.25, -0.2) is 0 Å². The summed E-state index contributed by atoms with van der Waals surface area (Å²) in [6.45, 7) is 5.93. The minimum atomic E-state index is -2.13. The van der Waals surface area contributed by atoms with Crippen LogP contribution in [0.4, 0.5) is 0 Å². The first-order chi connectivity index (χ1) is 16.6. The molecule has 35 heavy (non-hydrogen) atoms. The van der Waals surface area contributed by atoms with Crippen molar-refractivity contribution in [2.24, 2.45) is 5.92 Å². The second kappa shape index (κ2) is 8.97. The average molecular weight is 492 g/mol. The molecule has 0 unspecified atom stereocenters. The van der Waals surface area contributed by atoms with E-state index >= 15 is 0 Å². The number of rotatable bonds is 5. The number of allylic oxidation sites excluding steroid dienone is 3. The number of aromatic nitrogens is 1. The molecule has 0 saturated heterocycles. The van der Waals surface area contributed by atoms with Crippen LogP contribution in [0.15, 0.2) is 78.5 Å². The molecule has 1 aliphatic carbocycles. The number of nitrogens with zero attached hydrogens (tertiary/aromatic N) is 3. The zero-order valence-corrected chi connectivity index (χ0v) is 20.4. The molecule has 0 radical (unpaired) electrons. The van der Waals surface area contributed by atoms with Crippen molar-refractivity contribution < 1.29 is 19.7 Å². The van der Waals surface area contributed by atoms with Crippen molar-refractivity contribution in [2.45, 2.75) is 30.1 Å². The Morgan fingerprint density at radius 1 is 1.31 bits per heavy atom. The van der Waals surface area contributed by atoms with Gasteiger partial charge in [0.25, 0.3) is 0 Å². The number of benzene rings is 1. The van der Waals surface area contributed by atoms with Gasteiger partial charge in [0.05, 0.1) is 17.0 Å². The predicted octanol–water partition coefficient (Wildman–Crippen LogP) is 3.50. The van der Waals surface area contributed by atoms with Gasteiger partial charge in [0.15, 0.2) is 11.2 Å². The highest BCUT2D eigenvalue weighted by Crippen LogP contribution is 2.66. The lowest BCUT2D eigenvalue weighted by Gasteiger charge is -2.40. The summed E-state index contributed by atoms with van der Waals surface area (Å²) >= 11 is 6.17. The Kier molecular flexibility index (Phi) is 6.32. The fourth-order valence-electron chi connectivity index (χ4n) is 5.27. The SMILES string of the molecule is C=C(/C=C\C(C#N)=C/C)[C@@]12Oc3cc(Cl)cnc3[C@]1(O)[C@H](O)[C@H](C(=O)N(C)C)[C@H]2c1ccccc1. The molecular formula is C27H26ClN3O4. The fraction of sp³-hybridized carbons (Fsp3) is 0.296. The van der Waals surface area contributed by atoms with E-state index in [2.05, 4.69) is 17.6 Å². The maximum absolute atomic E-state index is 13.5. The van der Waals surface area contributed by atoms with Crippen LogP contribution < -0.4 is 4.74 Å². The molecule has 2 aliphatic rings. The minimum absolute atomic E-state index is 0.0745. The van der Waals surface area contributed by atoms with E-state index in [0.29, 0.717) is 11.1 Å². The van der Waals surface area contributed by atoms with Gasteiger partial charge >= 0.3 is 0 Å². The molecule has 1 fully saturated rings. The highest BCUT2D eigenvalue weighted by Gasteiger charge is 2.78. The van der Waals surface area contributed by atoms with Crippen LogP contribution in [-0.4, -0.2) is 51.8 Å². The lowest BCUT2D eigenvalue weighted by atomic mass is 9.71. The Morgan fingerprint density at radius 3 is 2.60 bits per heavy atom. The van der Waals surface area contributed by atoms with Crippen LogP contribution in [-0.2, 0) is 10.4 Å². The summed E-state index contributed by atoms with van der Waals surface area (Å²) in [5, 5.41) is 33.7. The molecule has 5 atom stereocenters. The molecule has 7 nitrogen and oxygen atoms in total. The molecule has 1 amide bonds. The van der Waals surface area contributed by atoms with Gasteiger partial charge in [0, 0.05) is 37.8 Å². The van der Waals surface area contributed by atoms with Crippen LogP contribution in [0.5, 0.6) is 5.75 Å². The number of fused-ring (bicyclic) bond motifs is 3. The van der Waals surface area contributed by atoms with Gasteiger partial charge in [-0.1, -0.05) is 60.7 Å². The van der Waals surface area contributed by atoms with Gasteiger partial charge < -0.3 is 19.8 Å². The van der Waals surface area contributed by atoms with Crippen LogP contribution >= 0.6 is 11.6 Å². The number of halogens is 1. The number of hydrogen-bond acceptors (Lipinski definition) is 6. The Labute approximate surface area is 209 Å². The first-order valence-electron chi connectivity index (χ1n) is 11.1. The zero-order valence-electron chi connectivity index (χ0n) is 19.6. The third-order valence-electron chi connectivity index (χ3n) is 6.85. The maximum Gasteiger partial charge on any atom is 0.228 e. The monoisotopic (exact) mass is 491 g/mol. The van der Waals surface area contributed by atoms with Crippen LogP contribution in [0.1, 0.15) is 24.1 Å². The van der Waals surface area contributed by atoms with Crippen molar-refractivity contribution >= 4 is 17.5 Å². The van der Waals surface area contributed by atoms with E-state index in [0.717, 1.165) is 0 Å². The molecule has 2 N–H and O–H groups in total. The number of ether oxygens (including phenoxy) is 1. The maximum atomic E-state index is 13.5. The first-order valence-corrected chi connectivity index (χ1v) is 11.5. The van der Waals surface area contributed by atoms with Gasteiger partial charge in [-0.05, 0) is 24.1 Å². The van der Waals surface area contributed by atoms with E-state index in [1.54, 1.807) is 39.2 Å². The van der Waals surface area contributed by atoms with Crippen molar-refractivity contribution in [1.29, 1.82) is 5.26 Å². The third-order valence-corrected chi connectivity index (χ3v) is 7.06. The quantitative estimate of drug-likeness (QED) is 0.489. The zero-order chi connectivity index (χ0) is 25.5. The van der Waals surface area contributed by atoms with E-state index in [9.17, 15) is 20.3 Å². The van der Waals surface area contributed by atoms with Gasteiger partial charge in [0.1, 0.15) is 17.5 Å². The Balaban J connectivity index is 2.04. The van der Waals surface area contributed by atoms with Gasteiger partial charge in [-0.15, -0.1) is 0 Å². The van der Waals surface area contributed by atoms with Crippen molar-refractivity contribution in [2.75, 3.05) is 14.1 Å². The largest absolute Gasteiger partial charge is 0.476 e. The van der Waals surface area contributed by atoms with Crippen molar-refractivity contribution in [3.8, 4) is 11.8 Å². The molecule has 2 aromatic rings. The molecule has 2 heterocycles. The summed E-state index contributed by atoms with van der Waals surface area (Å²) in [5.41, 5.74) is -2.46. The smallest absolute Gasteiger partial charge is 0.228 e. The summed E-state index contributed by atoms with van der Waals surface area (Å²) < 4.78 is 6.48. The lowest BCUT2D eigenvalue weighted by Crippen LogP contribution is -2.55. The second-order valence-electron chi connectivity index (χ2n) is 8.91. The molecule has 1 aliphatic heterocycles. The highest BCUT2D eigenvalue weighted by molar-refractivity contribution is 6.30.